The summed E-state index contributed by atoms with van der Waals surface area (Å²) in [6.45, 7) is 0. The van der Waals surface area contributed by atoms with E-state index in [1.165, 1.54) is 0 Å². The Balaban J connectivity index is 2.55. The van der Waals surface area contributed by atoms with Gasteiger partial charge in [-0.3, -0.25) is 0 Å². The molecule has 2 rings (SSSR count). The van der Waals surface area contributed by atoms with E-state index in [9.17, 15) is 0 Å². The topological polar surface area (TPSA) is 28.7 Å². The van der Waals surface area contributed by atoms with Crippen LogP contribution in [0.3, 0.4) is 0 Å². The molecule has 0 saturated carbocycles. The van der Waals surface area contributed by atoms with Gasteiger partial charge >= 0.3 is 0 Å². The summed E-state index contributed by atoms with van der Waals surface area (Å²) in [4.78, 5) is 0.500. The van der Waals surface area contributed by atoms with Crippen LogP contribution in [0.4, 0.5) is 0 Å². The molecule has 0 N–H and O–H groups in total. The van der Waals surface area contributed by atoms with Crippen molar-refractivity contribution in [2.24, 2.45) is 0 Å². The summed E-state index contributed by atoms with van der Waals surface area (Å²) >= 11 is 36.3. The molecule has 0 saturated heterocycles. The fourth-order valence-electron chi connectivity index (χ4n) is 1.64. The first kappa shape index (κ1) is 17.4. The summed E-state index contributed by atoms with van der Waals surface area (Å²) in [5.74, 6) is 0. The second-order valence-corrected chi connectivity index (χ2v) is 9.28. The normalized spacial score (nSPS) is 11.5. The summed E-state index contributed by atoms with van der Waals surface area (Å²) in [6.07, 6.45) is 3.17. The summed E-state index contributed by atoms with van der Waals surface area (Å²) in [5, 5.41) is 10.3. The van der Waals surface area contributed by atoms with Crippen LogP contribution >= 0.6 is 81.4 Å². The Bertz CT molecular complexity index is 705. The highest BCUT2D eigenvalue weighted by Crippen LogP contribution is 2.45. The van der Waals surface area contributed by atoms with Crippen molar-refractivity contribution in [1.29, 1.82) is 5.26 Å². The van der Waals surface area contributed by atoms with Crippen LogP contribution in [0.1, 0.15) is 5.56 Å². The van der Waals surface area contributed by atoms with Gasteiger partial charge in [0.15, 0.2) is 0 Å². The van der Waals surface area contributed by atoms with Crippen LogP contribution in [-0.4, -0.2) is 7.69 Å². The van der Waals surface area contributed by atoms with Crippen molar-refractivity contribution < 1.29 is 0 Å². The summed E-state index contributed by atoms with van der Waals surface area (Å²) in [7, 11) is 0. The lowest BCUT2D eigenvalue weighted by atomic mass is 10.3. The molecule has 0 aliphatic carbocycles. The van der Waals surface area contributed by atoms with Gasteiger partial charge in [0.25, 0.3) is 0 Å². The number of hydrogen-bond acceptors (Lipinski definition) is 2. The first-order valence-corrected chi connectivity index (χ1v) is 8.32. The molecular weight excluding hydrogens is 417 g/mol. The van der Waals surface area contributed by atoms with Gasteiger partial charge in [-0.25, -0.2) is 0 Å². The van der Waals surface area contributed by atoms with E-state index < -0.39 is 3.12 Å². The average Bonchev–Trinajstić information content (AvgIpc) is 2.67. The molecule has 0 bridgehead atoms. The van der Waals surface area contributed by atoms with Crippen molar-refractivity contribution in [3.05, 3.63) is 45.2 Å². The van der Waals surface area contributed by atoms with Gasteiger partial charge in [-0.2, -0.15) is 5.26 Å². The minimum Gasteiger partial charge on any atom is -0.319 e. The molecule has 0 unspecified atom stereocenters. The summed E-state index contributed by atoms with van der Waals surface area (Å²) < 4.78 is 0.0175. The van der Waals surface area contributed by atoms with Crippen LogP contribution in [0.2, 0.25) is 15.1 Å². The highest BCUT2D eigenvalue weighted by Gasteiger charge is 2.25. The van der Waals surface area contributed by atoms with Crippen molar-refractivity contribution >= 4 is 81.4 Å². The van der Waals surface area contributed by atoms with Crippen LogP contribution in [0, 0.1) is 11.3 Å². The minimum atomic E-state index is -1.58. The molecule has 21 heavy (non-hydrogen) atoms. The molecule has 0 atom stereocenters. The van der Waals surface area contributed by atoms with Crippen molar-refractivity contribution in [2.45, 2.75) is 8.02 Å². The maximum Gasteiger partial charge on any atom is 0.242 e. The molecule has 0 aliphatic heterocycles. The Hall–Kier alpha value is 0.0800. The van der Waals surface area contributed by atoms with Crippen LogP contribution in [0.25, 0.3) is 5.69 Å². The fraction of sp³-hybridized carbons (Fsp3) is 0.0833. The second kappa shape index (κ2) is 6.68. The first-order chi connectivity index (χ1) is 9.71. The smallest absolute Gasteiger partial charge is 0.242 e. The lowest BCUT2D eigenvalue weighted by Crippen LogP contribution is -1.94. The largest absolute Gasteiger partial charge is 0.319 e. The van der Waals surface area contributed by atoms with Gasteiger partial charge in [0.2, 0.25) is 3.12 Å². The van der Waals surface area contributed by atoms with E-state index >= 15 is 0 Å². The molecular formula is C12H4Cl6N2S. The zero-order valence-electron chi connectivity index (χ0n) is 9.88. The first-order valence-electron chi connectivity index (χ1n) is 5.24. The third kappa shape index (κ3) is 4.30. The highest BCUT2D eigenvalue weighted by molar-refractivity contribution is 8.04. The Morgan fingerprint density at radius 2 is 1.62 bits per heavy atom. The number of alkyl halides is 3. The van der Waals surface area contributed by atoms with Gasteiger partial charge in [-0.05, 0) is 12.1 Å². The van der Waals surface area contributed by atoms with Crippen LogP contribution in [-0.2, 0) is 0 Å². The fourth-order valence-corrected chi connectivity index (χ4v) is 4.02. The van der Waals surface area contributed by atoms with E-state index in [4.69, 9.17) is 74.9 Å². The summed E-state index contributed by atoms with van der Waals surface area (Å²) in [6, 6.07) is 5.14. The average molecular weight is 421 g/mol. The Morgan fingerprint density at radius 1 is 1.05 bits per heavy atom. The molecule has 110 valence electrons. The molecule has 1 aromatic heterocycles. The molecule has 0 spiro atoms. The lowest BCUT2D eigenvalue weighted by molar-refractivity contribution is 1.07. The molecule has 2 aromatic rings. The van der Waals surface area contributed by atoms with Crippen LogP contribution in [0.5, 0.6) is 0 Å². The second-order valence-electron chi connectivity index (χ2n) is 3.82. The number of nitriles is 1. The standard InChI is InChI=1S/C12H4Cl6N2S/c13-7-1-8(14)11(9(15)2-7)20-4-6(3-19)10(5-20)21-12(16,17)18/h1-2,4-5H. The minimum absolute atomic E-state index is 0.341. The van der Waals surface area contributed by atoms with Crippen LogP contribution < -0.4 is 0 Å². The maximum absolute atomic E-state index is 9.17. The molecule has 0 amide bonds. The van der Waals surface area contributed by atoms with Crippen molar-refractivity contribution in [2.75, 3.05) is 0 Å². The molecule has 0 aliphatic rings. The van der Waals surface area contributed by atoms with Gasteiger partial charge in [-0.1, -0.05) is 81.4 Å². The number of aromatic nitrogens is 1. The van der Waals surface area contributed by atoms with Gasteiger partial charge < -0.3 is 4.57 Å². The number of halogens is 6. The molecule has 1 heterocycles. The van der Waals surface area contributed by atoms with E-state index in [1.54, 1.807) is 29.1 Å². The number of benzene rings is 1. The Morgan fingerprint density at radius 3 is 2.10 bits per heavy atom. The molecule has 1 aromatic carbocycles. The third-order valence-corrected chi connectivity index (χ3v) is 4.64. The van der Waals surface area contributed by atoms with Gasteiger partial charge in [0.1, 0.15) is 6.07 Å². The van der Waals surface area contributed by atoms with E-state index in [-0.39, 0.29) is 0 Å². The van der Waals surface area contributed by atoms with Gasteiger partial charge in [-0.15, -0.1) is 0 Å². The molecule has 0 radical (unpaired) electrons. The SMILES string of the molecule is N#Cc1cn(-c2c(Cl)cc(Cl)cc2Cl)cc1SC(Cl)(Cl)Cl. The van der Waals surface area contributed by atoms with Crippen molar-refractivity contribution in [3.63, 3.8) is 0 Å². The molecule has 0 fully saturated rings. The quantitative estimate of drug-likeness (QED) is 0.398. The number of rotatable bonds is 2. The number of nitrogens with zero attached hydrogens (tertiary/aromatic N) is 2. The number of hydrogen-bond donors (Lipinski definition) is 0. The zero-order chi connectivity index (χ0) is 15.8. The van der Waals surface area contributed by atoms with Gasteiger partial charge in [0, 0.05) is 22.3 Å². The lowest BCUT2D eigenvalue weighted by Gasteiger charge is -2.10. The predicted molar refractivity (Wildman–Crippen MR) is 91.7 cm³/mol. The van der Waals surface area contributed by atoms with Gasteiger partial charge in [0.05, 0.1) is 21.3 Å². The van der Waals surface area contributed by atoms with E-state index in [2.05, 4.69) is 0 Å². The van der Waals surface area contributed by atoms with E-state index in [1.807, 2.05) is 6.07 Å². The predicted octanol–water partition coefficient (Wildman–Crippen LogP) is 6.73. The van der Waals surface area contributed by atoms with Crippen molar-refractivity contribution in [1.82, 2.24) is 4.57 Å². The Kier molecular flexibility index (Phi) is 5.55. The van der Waals surface area contributed by atoms with Crippen molar-refractivity contribution in [3.8, 4) is 11.8 Å². The zero-order valence-corrected chi connectivity index (χ0v) is 15.2. The van der Waals surface area contributed by atoms with E-state index in [0.29, 0.717) is 31.2 Å². The number of thioether (sulfide) groups is 1. The molecule has 2 nitrogen and oxygen atoms in total. The highest BCUT2D eigenvalue weighted by atomic mass is 35.6. The molecule has 9 heteroatoms. The monoisotopic (exact) mass is 418 g/mol. The Labute approximate surface area is 155 Å². The maximum atomic E-state index is 9.17. The van der Waals surface area contributed by atoms with E-state index in [0.717, 1.165) is 11.8 Å². The third-order valence-electron chi connectivity index (χ3n) is 2.38. The van der Waals surface area contributed by atoms with Crippen LogP contribution in [0.15, 0.2) is 29.4 Å². The summed E-state index contributed by atoms with van der Waals surface area (Å²) in [5.41, 5.74) is 0.837.